The Morgan fingerprint density at radius 3 is 2.44 bits per heavy atom. The van der Waals surface area contributed by atoms with Gasteiger partial charge in [-0.3, -0.25) is 4.79 Å². The molecule has 2 saturated heterocycles. The lowest BCUT2D eigenvalue weighted by Crippen LogP contribution is -2.56. The highest BCUT2D eigenvalue weighted by Crippen LogP contribution is 2.57. The van der Waals surface area contributed by atoms with Crippen molar-refractivity contribution in [3.63, 3.8) is 0 Å². The van der Waals surface area contributed by atoms with Gasteiger partial charge in [-0.25, -0.2) is 13.7 Å². The second kappa shape index (κ2) is 7.51. The number of hydrogen-bond donors (Lipinski definition) is 1. The van der Waals surface area contributed by atoms with Crippen LogP contribution >= 0.6 is 11.6 Å². The molecule has 0 saturated carbocycles. The van der Waals surface area contributed by atoms with E-state index in [0.717, 1.165) is 0 Å². The molecule has 0 radical (unpaired) electrons. The predicted octanol–water partition coefficient (Wildman–Crippen LogP) is 5.34. The number of ether oxygens (including phenoxy) is 1. The van der Waals surface area contributed by atoms with Crippen LogP contribution < -0.4 is 5.73 Å². The minimum Gasteiger partial charge on any atom is -0.443 e. The minimum absolute atomic E-state index is 0.193. The first-order valence-electron chi connectivity index (χ1n) is 10.8. The zero-order valence-electron chi connectivity index (χ0n) is 19.0. The maximum atomic E-state index is 15.4. The van der Waals surface area contributed by atoms with Gasteiger partial charge in [-0.05, 0) is 55.5 Å². The molecule has 4 atom stereocenters. The minimum atomic E-state index is -1.34. The highest BCUT2D eigenvalue weighted by atomic mass is 35.5. The summed E-state index contributed by atoms with van der Waals surface area (Å²) < 4.78 is 35.5. The summed E-state index contributed by atoms with van der Waals surface area (Å²) in [6, 6.07) is 9.19. The molecule has 2 fully saturated rings. The summed E-state index contributed by atoms with van der Waals surface area (Å²) in [6.45, 7) is 9.84. The summed E-state index contributed by atoms with van der Waals surface area (Å²) in [5.41, 5.74) is 5.53. The average molecular weight is 463 g/mol. The second-order valence-corrected chi connectivity index (χ2v) is 11.0. The van der Waals surface area contributed by atoms with E-state index in [1.54, 1.807) is 24.3 Å². The number of fused-ring (bicyclic) bond motifs is 1. The Hall–Kier alpha value is -2.02. The van der Waals surface area contributed by atoms with E-state index in [0.29, 0.717) is 12.0 Å². The topological polar surface area (TPSA) is 55.6 Å². The largest absolute Gasteiger partial charge is 0.443 e. The van der Waals surface area contributed by atoms with Gasteiger partial charge in [0, 0.05) is 22.5 Å². The Kier molecular flexibility index (Phi) is 5.43. The zero-order valence-corrected chi connectivity index (χ0v) is 19.7. The third-order valence-electron chi connectivity index (χ3n) is 6.64. The van der Waals surface area contributed by atoms with Crippen LogP contribution in [0.15, 0.2) is 42.5 Å². The first-order valence-corrected chi connectivity index (χ1v) is 11.1. The number of carbonyl (C=O) groups excluding carboxylic acids is 1. The molecule has 0 aliphatic carbocycles. The molecule has 2 N–H and O–H groups in total. The Balaban J connectivity index is 2.03. The highest BCUT2D eigenvalue weighted by molar-refractivity contribution is 6.30. The van der Waals surface area contributed by atoms with Gasteiger partial charge in [0.2, 0.25) is 0 Å². The molecular weight excluding hydrogens is 434 g/mol. The van der Waals surface area contributed by atoms with E-state index < -0.39 is 46.9 Å². The first kappa shape index (κ1) is 23.1. The number of nitrogens with zero attached hydrogens (tertiary/aromatic N) is 1. The molecule has 2 aliphatic heterocycles. The summed E-state index contributed by atoms with van der Waals surface area (Å²) in [4.78, 5) is 15.1. The molecule has 4 rings (SSSR count). The molecule has 0 aromatic heterocycles. The van der Waals surface area contributed by atoms with Gasteiger partial charge in [0.05, 0.1) is 5.54 Å². The van der Waals surface area contributed by atoms with Crippen LogP contribution in [0.1, 0.15) is 58.1 Å². The van der Waals surface area contributed by atoms with Crippen molar-refractivity contribution < 1.29 is 18.3 Å². The molecule has 2 aliphatic rings. The fourth-order valence-electron chi connectivity index (χ4n) is 5.57. The summed E-state index contributed by atoms with van der Waals surface area (Å²) in [5, 5.41) is 0.253. The zero-order chi connectivity index (χ0) is 23.6. The number of carbonyl (C=O) groups is 1. The second-order valence-electron chi connectivity index (χ2n) is 10.6. The van der Waals surface area contributed by atoms with Crippen LogP contribution in [0.5, 0.6) is 0 Å². The van der Waals surface area contributed by atoms with Gasteiger partial charge in [-0.15, -0.1) is 0 Å². The van der Waals surface area contributed by atoms with Crippen LogP contribution in [0.4, 0.5) is 8.78 Å². The fourth-order valence-corrected chi connectivity index (χ4v) is 5.72. The molecule has 0 amide bonds. The SMILES string of the molecule is CC(C)(C)CC1N2C(C(=O)OC2(C)C)C(c2cccc(F)c2)C1(N)c1ccc(Cl)cc1F. The van der Waals surface area contributed by atoms with Gasteiger partial charge in [0.25, 0.3) is 0 Å². The van der Waals surface area contributed by atoms with Gasteiger partial charge >= 0.3 is 5.97 Å². The molecule has 4 unspecified atom stereocenters. The lowest BCUT2D eigenvalue weighted by atomic mass is 9.68. The Morgan fingerprint density at radius 1 is 1.16 bits per heavy atom. The molecule has 0 spiro atoms. The van der Waals surface area contributed by atoms with Gasteiger partial charge < -0.3 is 10.5 Å². The van der Waals surface area contributed by atoms with E-state index in [4.69, 9.17) is 22.1 Å². The Bertz CT molecular complexity index is 1070. The smallest absolute Gasteiger partial charge is 0.325 e. The van der Waals surface area contributed by atoms with Gasteiger partial charge in [-0.2, -0.15) is 0 Å². The normalized spacial score (nSPS) is 29.8. The van der Waals surface area contributed by atoms with Gasteiger partial charge in [0.15, 0.2) is 5.72 Å². The van der Waals surface area contributed by atoms with Crippen LogP contribution in [0.2, 0.25) is 5.02 Å². The van der Waals surface area contributed by atoms with Gasteiger partial charge in [0.1, 0.15) is 17.7 Å². The molecule has 172 valence electrons. The van der Waals surface area contributed by atoms with Crippen LogP contribution in [-0.4, -0.2) is 28.7 Å². The van der Waals surface area contributed by atoms with E-state index >= 15 is 4.39 Å². The molecule has 4 nitrogen and oxygen atoms in total. The first-order chi connectivity index (χ1) is 14.8. The third kappa shape index (κ3) is 3.62. The highest BCUT2D eigenvalue weighted by Gasteiger charge is 2.68. The van der Waals surface area contributed by atoms with E-state index in [2.05, 4.69) is 20.8 Å². The van der Waals surface area contributed by atoms with Crippen molar-refractivity contribution in [2.45, 2.75) is 70.3 Å². The number of rotatable bonds is 3. The molecule has 32 heavy (non-hydrogen) atoms. The maximum absolute atomic E-state index is 15.4. The fraction of sp³-hybridized carbons (Fsp3) is 0.480. The number of esters is 1. The Labute approximate surface area is 192 Å². The van der Waals surface area contributed by atoms with Crippen LogP contribution in [0, 0.1) is 17.0 Å². The van der Waals surface area contributed by atoms with E-state index in [1.807, 2.05) is 18.7 Å². The maximum Gasteiger partial charge on any atom is 0.325 e. The summed E-state index contributed by atoms with van der Waals surface area (Å²) >= 11 is 6.04. The molecule has 2 aromatic rings. The number of cyclic esters (lactones) is 1. The van der Waals surface area contributed by atoms with Crippen molar-refractivity contribution in [1.82, 2.24) is 4.90 Å². The quantitative estimate of drug-likeness (QED) is 0.626. The summed E-state index contributed by atoms with van der Waals surface area (Å²) in [5.74, 6) is -2.16. The summed E-state index contributed by atoms with van der Waals surface area (Å²) in [6.07, 6.45) is 0.563. The van der Waals surface area contributed by atoms with Crippen molar-refractivity contribution in [3.8, 4) is 0 Å². The van der Waals surface area contributed by atoms with E-state index in [9.17, 15) is 9.18 Å². The van der Waals surface area contributed by atoms with Gasteiger partial charge in [-0.1, -0.05) is 50.6 Å². The number of hydrogen-bond acceptors (Lipinski definition) is 4. The van der Waals surface area contributed by atoms with Crippen LogP contribution in [-0.2, 0) is 15.1 Å². The standard InChI is InChI=1S/C25H29ClF2N2O2/c1-23(2,3)13-19-25(29,17-10-9-15(26)12-18(17)28)20(14-7-6-8-16(27)11-14)21-22(31)32-24(4,5)30(19)21/h6-12,19-21H,13,29H2,1-5H3. The van der Waals surface area contributed by atoms with Crippen molar-refractivity contribution in [2.24, 2.45) is 11.1 Å². The Morgan fingerprint density at radius 2 is 1.84 bits per heavy atom. The van der Waals surface area contributed by atoms with E-state index in [1.165, 1.54) is 18.2 Å². The molecular formula is C25H29ClF2N2O2. The molecule has 2 heterocycles. The number of nitrogens with two attached hydrogens (primary N) is 1. The van der Waals surface area contributed by atoms with Crippen molar-refractivity contribution >= 4 is 17.6 Å². The number of halogens is 3. The third-order valence-corrected chi connectivity index (χ3v) is 6.88. The van der Waals surface area contributed by atoms with Crippen molar-refractivity contribution in [3.05, 3.63) is 70.2 Å². The number of benzene rings is 2. The van der Waals surface area contributed by atoms with Crippen LogP contribution in [0.3, 0.4) is 0 Å². The summed E-state index contributed by atoms with van der Waals surface area (Å²) in [7, 11) is 0. The van der Waals surface area contributed by atoms with Crippen LogP contribution in [0.25, 0.3) is 0 Å². The lowest BCUT2D eigenvalue weighted by molar-refractivity contribution is -0.152. The molecule has 7 heteroatoms. The lowest BCUT2D eigenvalue weighted by Gasteiger charge is -2.44. The van der Waals surface area contributed by atoms with Crippen molar-refractivity contribution in [1.29, 1.82) is 0 Å². The molecule has 2 aromatic carbocycles. The monoisotopic (exact) mass is 462 g/mol. The molecule has 0 bridgehead atoms. The predicted molar refractivity (Wildman–Crippen MR) is 120 cm³/mol. The van der Waals surface area contributed by atoms with Crippen molar-refractivity contribution in [2.75, 3.05) is 0 Å². The van der Waals surface area contributed by atoms with E-state index in [-0.39, 0.29) is 16.0 Å². The average Bonchev–Trinajstić information content (AvgIpc) is 3.03.